The standard InChI is InChI=1S/C29H30FN5O2/c1-28(2,3)22-15-23(20-11-13-21(30)14-12-20)32-35-17-24(31-25(22)35)26(36)34-18-33(27(37)29(34,4)5)16-19-9-7-6-8-10-19/h6-15,17H,16,18H2,1-5H3. The van der Waals surface area contributed by atoms with Gasteiger partial charge < -0.3 is 9.80 Å². The minimum atomic E-state index is -1.01. The van der Waals surface area contributed by atoms with E-state index in [4.69, 9.17) is 4.98 Å². The Labute approximate surface area is 215 Å². The molecule has 190 valence electrons. The summed E-state index contributed by atoms with van der Waals surface area (Å²) in [7, 11) is 0. The molecule has 0 atom stereocenters. The number of rotatable bonds is 4. The Morgan fingerprint density at radius 1 is 1.05 bits per heavy atom. The van der Waals surface area contributed by atoms with Crippen LogP contribution in [-0.4, -0.2) is 48.4 Å². The lowest BCUT2D eigenvalue weighted by atomic mass is 9.87. The monoisotopic (exact) mass is 499 g/mol. The van der Waals surface area contributed by atoms with Gasteiger partial charge >= 0.3 is 0 Å². The number of hydrogen-bond acceptors (Lipinski definition) is 4. The number of fused-ring (bicyclic) bond motifs is 1. The Morgan fingerprint density at radius 3 is 2.38 bits per heavy atom. The second-order valence-corrected chi connectivity index (χ2v) is 11.0. The van der Waals surface area contributed by atoms with Gasteiger partial charge in [-0.3, -0.25) is 9.59 Å². The largest absolute Gasteiger partial charge is 0.318 e. The number of hydrogen-bond donors (Lipinski definition) is 0. The zero-order valence-electron chi connectivity index (χ0n) is 21.7. The zero-order valence-corrected chi connectivity index (χ0v) is 21.7. The number of aromatic nitrogens is 3. The maximum absolute atomic E-state index is 13.7. The van der Waals surface area contributed by atoms with Crippen LogP contribution in [0.5, 0.6) is 0 Å². The minimum Gasteiger partial charge on any atom is -0.318 e. The van der Waals surface area contributed by atoms with E-state index in [9.17, 15) is 14.0 Å². The molecule has 2 aromatic carbocycles. The predicted octanol–water partition coefficient (Wildman–Crippen LogP) is 5.05. The molecule has 1 aliphatic heterocycles. The molecule has 4 aromatic rings. The molecule has 0 bridgehead atoms. The first kappa shape index (κ1) is 24.6. The fourth-order valence-electron chi connectivity index (χ4n) is 4.69. The van der Waals surface area contributed by atoms with Crippen molar-refractivity contribution in [1.82, 2.24) is 24.4 Å². The molecule has 7 nitrogen and oxygen atoms in total. The average Bonchev–Trinajstić information content (AvgIpc) is 3.38. The van der Waals surface area contributed by atoms with E-state index in [1.807, 2.05) is 36.4 Å². The molecule has 2 aromatic heterocycles. The van der Waals surface area contributed by atoms with Gasteiger partial charge in [-0.2, -0.15) is 5.10 Å². The SMILES string of the molecule is CC(C)(C)c1cc(-c2ccc(F)cc2)nn2cc(C(=O)N3CN(Cc4ccccc4)C(=O)C3(C)C)nc12. The molecule has 1 aliphatic rings. The third-order valence-electron chi connectivity index (χ3n) is 6.85. The van der Waals surface area contributed by atoms with Gasteiger partial charge in [0.15, 0.2) is 5.65 Å². The van der Waals surface area contributed by atoms with Crippen LogP contribution in [0.15, 0.2) is 66.9 Å². The molecule has 1 saturated heterocycles. The first-order chi connectivity index (χ1) is 17.4. The highest BCUT2D eigenvalue weighted by molar-refractivity contribution is 6.00. The van der Waals surface area contributed by atoms with Crippen molar-refractivity contribution in [3.05, 3.63) is 89.5 Å². The summed E-state index contributed by atoms with van der Waals surface area (Å²) in [5.74, 6) is -0.761. The Balaban J connectivity index is 1.52. The molecule has 0 spiro atoms. The van der Waals surface area contributed by atoms with Crippen LogP contribution in [0.1, 0.15) is 56.2 Å². The van der Waals surface area contributed by atoms with E-state index in [1.54, 1.807) is 46.5 Å². The molecule has 37 heavy (non-hydrogen) atoms. The maximum atomic E-state index is 13.7. The molecule has 0 aliphatic carbocycles. The van der Waals surface area contributed by atoms with Crippen LogP contribution >= 0.6 is 0 Å². The van der Waals surface area contributed by atoms with Crippen LogP contribution in [0, 0.1) is 5.82 Å². The van der Waals surface area contributed by atoms with Gasteiger partial charge in [-0.05, 0) is 55.2 Å². The van der Waals surface area contributed by atoms with Crippen molar-refractivity contribution in [2.45, 2.75) is 52.1 Å². The highest BCUT2D eigenvalue weighted by Gasteiger charge is 2.48. The molecule has 8 heteroatoms. The van der Waals surface area contributed by atoms with Crippen molar-refractivity contribution >= 4 is 17.5 Å². The van der Waals surface area contributed by atoms with E-state index in [0.29, 0.717) is 17.9 Å². The summed E-state index contributed by atoms with van der Waals surface area (Å²) >= 11 is 0. The van der Waals surface area contributed by atoms with Gasteiger partial charge in [0.25, 0.3) is 5.91 Å². The van der Waals surface area contributed by atoms with Crippen molar-refractivity contribution in [1.29, 1.82) is 0 Å². The minimum absolute atomic E-state index is 0.111. The van der Waals surface area contributed by atoms with Crippen LogP contribution in [0.3, 0.4) is 0 Å². The van der Waals surface area contributed by atoms with Gasteiger partial charge in [0.05, 0.1) is 18.6 Å². The quantitative estimate of drug-likeness (QED) is 0.394. The normalized spacial score (nSPS) is 15.6. The smallest absolute Gasteiger partial charge is 0.276 e. The van der Waals surface area contributed by atoms with E-state index in [2.05, 4.69) is 25.9 Å². The van der Waals surface area contributed by atoms with Crippen LogP contribution in [-0.2, 0) is 16.8 Å². The van der Waals surface area contributed by atoms with E-state index in [1.165, 1.54) is 12.1 Å². The molecule has 0 unspecified atom stereocenters. The number of benzene rings is 2. The van der Waals surface area contributed by atoms with Crippen molar-refractivity contribution in [3.8, 4) is 11.3 Å². The van der Waals surface area contributed by atoms with Crippen LogP contribution < -0.4 is 0 Å². The summed E-state index contributed by atoms with van der Waals surface area (Å²) in [5, 5.41) is 4.68. The van der Waals surface area contributed by atoms with Gasteiger partial charge in [0.1, 0.15) is 17.1 Å². The van der Waals surface area contributed by atoms with E-state index < -0.39 is 5.54 Å². The van der Waals surface area contributed by atoms with Crippen LogP contribution in [0.2, 0.25) is 0 Å². The number of imidazole rings is 1. The molecule has 0 N–H and O–H groups in total. The molecule has 2 amide bonds. The number of halogens is 1. The van der Waals surface area contributed by atoms with Crippen molar-refractivity contribution < 1.29 is 14.0 Å². The number of nitrogens with zero attached hydrogens (tertiary/aromatic N) is 5. The third-order valence-corrected chi connectivity index (χ3v) is 6.85. The molecule has 3 heterocycles. The number of amides is 2. The molecular weight excluding hydrogens is 469 g/mol. The molecule has 5 rings (SSSR count). The Bertz CT molecular complexity index is 1490. The number of carbonyl (C=O) groups excluding carboxylic acids is 2. The Morgan fingerprint density at radius 2 is 1.73 bits per heavy atom. The third kappa shape index (κ3) is 4.48. The summed E-state index contributed by atoms with van der Waals surface area (Å²) < 4.78 is 15.1. The predicted molar refractivity (Wildman–Crippen MR) is 139 cm³/mol. The topological polar surface area (TPSA) is 70.8 Å². The zero-order chi connectivity index (χ0) is 26.5. The maximum Gasteiger partial charge on any atom is 0.276 e. The van der Waals surface area contributed by atoms with Gasteiger partial charge in [-0.15, -0.1) is 0 Å². The lowest BCUT2D eigenvalue weighted by molar-refractivity contribution is -0.132. The highest BCUT2D eigenvalue weighted by Crippen LogP contribution is 2.32. The van der Waals surface area contributed by atoms with Gasteiger partial charge in [-0.1, -0.05) is 51.1 Å². The number of carbonyl (C=O) groups is 2. The van der Waals surface area contributed by atoms with E-state index in [-0.39, 0.29) is 35.4 Å². The fraction of sp³-hybridized carbons (Fsp3) is 0.310. The van der Waals surface area contributed by atoms with Gasteiger partial charge in [0.2, 0.25) is 5.91 Å². The molecule has 1 fully saturated rings. The molecule has 0 radical (unpaired) electrons. The average molecular weight is 500 g/mol. The van der Waals surface area contributed by atoms with E-state index >= 15 is 0 Å². The first-order valence-corrected chi connectivity index (χ1v) is 12.3. The fourth-order valence-corrected chi connectivity index (χ4v) is 4.69. The lowest BCUT2D eigenvalue weighted by Crippen LogP contribution is -2.46. The summed E-state index contributed by atoms with van der Waals surface area (Å²) in [5.41, 5.74) is 2.81. The van der Waals surface area contributed by atoms with E-state index in [0.717, 1.165) is 16.7 Å². The Hall–Kier alpha value is -4.07. The summed E-state index contributed by atoms with van der Waals surface area (Å²) in [4.78, 5) is 34.9. The summed E-state index contributed by atoms with van der Waals surface area (Å²) in [6, 6.07) is 17.8. The Kier molecular flexibility index (Phi) is 5.85. The van der Waals surface area contributed by atoms with Crippen LogP contribution in [0.25, 0.3) is 16.9 Å². The van der Waals surface area contributed by atoms with Crippen molar-refractivity contribution in [3.63, 3.8) is 0 Å². The second-order valence-electron chi connectivity index (χ2n) is 11.0. The van der Waals surface area contributed by atoms with Crippen LogP contribution in [0.4, 0.5) is 4.39 Å². The van der Waals surface area contributed by atoms with Gasteiger partial charge in [0, 0.05) is 17.7 Å². The van der Waals surface area contributed by atoms with Crippen molar-refractivity contribution in [2.75, 3.05) is 6.67 Å². The lowest BCUT2D eigenvalue weighted by Gasteiger charge is -2.27. The highest BCUT2D eigenvalue weighted by atomic mass is 19.1. The van der Waals surface area contributed by atoms with Gasteiger partial charge in [-0.25, -0.2) is 13.9 Å². The first-order valence-electron chi connectivity index (χ1n) is 12.3. The molecular formula is C29H30FN5O2. The summed E-state index contributed by atoms with van der Waals surface area (Å²) in [6.07, 6.45) is 1.61. The molecule has 0 saturated carbocycles. The summed E-state index contributed by atoms with van der Waals surface area (Å²) in [6.45, 7) is 10.3. The van der Waals surface area contributed by atoms with Crippen molar-refractivity contribution in [2.24, 2.45) is 0 Å². The second kappa shape index (κ2) is 8.80.